The highest BCUT2D eigenvalue weighted by atomic mass is 16.5. The van der Waals surface area contributed by atoms with E-state index in [4.69, 9.17) is 0 Å². The molecule has 13 heavy (non-hydrogen) atoms. The van der Waals surface area contributed by atoms with Crippen molar-refractivity contribution in [3.05, 3.63) is 0 Å². The molecule has 5 heteroatoms. The molecule has 1 unspecified atom stereocenters. The Hall–Kier alpha value is -1.39. The van der Waals surface area contributed by atoms with E-state index in [1.54, 1.807) is 6.92 Å². The van der Waals surface area contributed by atoms with Crippen molar-refractivity contribution in [1.29, 1.82) is 0 Å². The molecular formula is C8H12O5. The molecule has 0 rings (SSSR count). The Balaban J connectivity index is 4.49. The number of hydrogen-bond donors (Lipinski definition) is 0. The van der Waals surface area contributed by atoms with Crippen LogP contribution in [0.5, 0.6) is 0 Å². The molecule has 0 heterocycles. The van der Waals surface area contributed by atoms with Crippen LogP contribution in [0.25, 0.3) is 0 Å². The number of Topliss-reactive ketones (excluding diaryl/α,β-unsaturated/α-hetero) is 1. The highest BCUT2D eigenvalue weighted by Gasteiger charge is 2.31. The van der Waals surface area contributed by atoms with Crippen molar-refractivity contribution in [2.45, 2.75) is 13.3 Å². The summed E-state index contributed by atoms with van der Waals surface area (Å²) in [6.45, 7) is 1.61. The molecule has 1 atom stereocenters. The molecule has 0 saturated heterocycles. The molecule has 0 radical (unpaired) electrons. The highest BCUT2D eigenvalue weighted by molar-refractivity contribution is 6.37. The van der Waals surface area contributed by atoms with Crippen molar-refractivity contribution in [3.8, 4) is 0 Å². The van der Waals surface area contributed by atoms with Gasteiger partial charge in [-0.1, -0.05) is 6.92 Å². The summed E-state index contributed by atoms with van der Waals surface area (Å²) in [5.41, 5.74) is 0. The Kier molecular flexibility index (Phi) is 4.72. The number of methoxy groups -OCH3 is 2. The molecule has 0 aromatic rings. The number of hydrogen-bond acceptors (Lipinski definition) is 5. The lowest BCUT2D eigenvalue weighted by Gasteiger charge is -2.08. The second kappa shape index (κ2) is 5.29. The molecule has 0 saturated carbocycles. The molecule has 0 fully saturated rings. The van der Waals surface area contributed by atoms with Gasteiger partial charge in [0.2, 0.25) is 0 Å². The van der Waals surface area contributed by atoms with Crippen LogP contribution < -0.4 is 0 Å². The zero-order valence-corrected chi connectivity index (χ0v) is 7.83. The summed E-state index contributed by atoms with van der Waals surface area (Å²) < 4.78 is 8.54. The fourth-order valence-electron chi connectivity index (χ4n) is 0.844. The fraction of sp³-hybridized carbons (Fsp3) is 0.625. The molecule has 0 aromatic carbocycles. The third kappa shape index (κ3) is 2.85. The van der Waals surface area contributed by atoms with E-state index < -0.39 is 23.6 Å². The van der Waals surface area contributed by atoms with Crippen LogP contribution >= 0.6 is 0 Å². The molecule has 0 aromatic heterocycles. The summed E-state index contributed by atoms with van der Waals surface area (Å²) in [6.07, 6.45) is 0.223. The van der Waals surface area contributed by atoms with Crippen molar-refractivity contribution in [3.63, 3.8) is 0 Å². The average molecular weight is 188 g/mol. The number of esters is 2. The van der Waals surface area contributed by atoms with Crippen molar-refractivity contribution in [2.75, 3.05) is 14.2 Å². The number of carbonyl (C=O) groups is 3. The third-order valence-corrected chi connectivity index (χ3v) is 1.60. The predicted octanol–water partition coefficient (Wildman–Crippen LogP) is -0.0723. The molecular weight excluding hydrogens is 176 g/mol. The fourth-order valence-corrected chi connectivity index (χ4v) is 0.844. The summed E-state index contributed by atoms with van der Waals surface area (Å²) >= 11 is 0. The summed E-state index contributed by atoms with van der Waals surface area (Å²) in [5.74, 6) is -3.63. The summed E-state index contributed by atoms with van der Waals surface area (Å²) in [7, 11) is 2.25. The number of ketones is 1. The Morgan fingerprint density at radius 3 is 2.00 bits per heavy atom. The predicted molar refractivity (Wildman–Crippen MR) is 42.8 cm³/mol. The zero-order valence-electron chi connectivity index (χ0n) is 7.83. The van der Waals surface area contributed by atoms with Gasteiger partial charge in [-0.3, -0.25) is 9.59 Å². The second-order valence-corrected chi connectivity index (χ2v) is 2.34. The third-order valence-electron chi connectivity index (χ3n) is 1.60. The van der Waals surface area contributed by atoms with Gasteiger partial charge >= 0.3 is 11.9 Å². The van der Waals surface area contributed by atoms with Gasteiger partial charge in [0.25, 0.3) is 5.78 Å². The van der Waals surface area contributed by atoms with Crippen molar-refractivity contribution in [1.82, 2.24) is 0 Å². The van der Waals surface area contributed by atoms with E-state index in [1.165, 1.54) is 0 Å². The van der Waals surface area contributed by atoms with E-state index in [9.17, 15) is 14.4 Å². The van der Waals surface area contributed by atoms with Crippen LogP contribution in [0.4, 0.5) is 0 Å². The number of carbonyl (C=O) groups excluding carboxylic acids is 3. The monoisotopic (exact) mass is 188 g/mol. The maximum atomic E-state index is 11.1. The van der Waals surface area contributed by atoms with Crippen LogP contribution in [-0.2, 0) is 23.9 Å². The van der Waals surface area contributed by atoms with Gasteiger partial charge in [0.15, 0.2) is 0 Å². The van der Waals surface area contributed by atoms with Crippen LogP contribution in [0, 0.1) is 5.92 Å². The molecule has 0 N–H and O–H groups in total. The molecule has 0 spiro atoms. The van der Waals surface area contributed by atoms with Crippen molar-refractivity contribution >= 4 is 17.7 Å². The maximum Gasteiger partial charge on any atom is 0.375 e. The Bertz CT molecular complexity index is 221. The van der Waals surface area contributed by atoms with Gasteiger partial charge in [0, 0.05) is 0 Å². The van der Waals surface area contributed by atoms with Gasteiger partial charge in [0.1, 0.15) is 5.92 Å². The summed E-state index contributed by atoms with van der Waals surface area (Å²) in [4.78, 5) is 32.8. The second-order valence-electron chi connectivity index (χ2n) is 2.34. The molecule has 0 bridgehead atoms. The van der Waals surface area contributed by atoms with E-state index in [0.29, 0.717) is 0 Å². The standard InChI is InChI=1S/C8H12O5/c1-4-5(7(10)12-2)6(9)8(11)13-3/h5H,4H2,1-3H3. The first-order chi connectivity index (χ1) is 6.08. The van der Waals surface area contributed by atoms with Gasteiger partial charge < -0.3 is 9.47 Å². The van der Waals surface area contributed by atoms with E-state index in [-0.39, 0.29) is 6.42 Å². The van der Waals surface area contributed by atoms with Crippen molar-refractivity contribution in [2.24, 2.45) is 5.92 Å². The first kappa shape index (κ1) is 11.6. The zero-order chi connectivity index (χ0) is 10.4. The molecule has 74 valence electrons. The number of rotatable bonds is 4. The summed E-state index contributed by atoms with van der Waals surface area (Å²) in [5, 5.41) is 0. The van der Waals surface area contributed by atoms with Gasteiger partial charge in [-0.05, 0) is 6.42 Å². The Morgan fingerprint density at radius 1 is 1.15 bits per heavy atom. The quantitative estimate of drug-likeness (QED) is 0.351. The minimum atomic E-state index is -1.04. The van der Waals surface area contributed by atoms with E-state index in [2.05, 4.69) is 9.47 Å². The lowest BCUT2D eigenvalue weighted by atomic mass is 10.0. The van der Waals surface area contributed by atoms with Crippen LogP contribution in [0.15, 0.2) is 0 Å². The first-order valence-corrected chi connectivity index (χ1v) is 3.78. The van der Waals surface area contributed by atoms with Gasteiger partial charge in [0.05, 0.1) is 14.2 Å². The minimum absolute atomic E-state index is 0.223. The van der Waals surface area contributed by atoms with E-state index in [0.717, 1.165) is 14.2 Å². The van der Waals surface area contributed by atoms with Crippen molar-refractivity contribution < 1.29 is 23.9 Å². The highest BCUT2D eigenvalue weighted by Crippen LogP contribution is 2.07. The van der Waals surface area contributed by atoms with Gasteiger partial charge in [-0.15, -0.1) is 0 Å². The van der Waals surface area contributed by atoms with E-state index in [1.807, 2.05) is 0 Å². The van der Waals surface area contributed by atoms with Crippen LogP contribution in [-0.4, -0.2) is 31.9 Å². The molecule has 0 amide bonds. The topological polar surface area (TPSA) is 69.7 Å². The molecule has 5 nitrogen and oxygen atoms in total. The molecule has 0 aliphatic heterocycles. The Labute approximate surface area is 76.0 Å². The molecule has 0 aliphatic rings. The minimum Gasteiger partial charge on any atom is -0.468 e. The SMILES string of the molecule is CCC(C(=O)OC)C(=O)C(=O)OC. The largest absolute Gasteiger partial charge is 0.468 e. The van der Waals surface area contributed by atoms with E-state index >= 15 is 0 Å². The normalized spacial score (nSPS) is 11.6. The van der Waals surface area contributed by atoms with Gasteiger partial charge in [-0.25, -0.2) is 4.79 Å². The van der Waals surface area contributed by atoms with Crippen LogP contribution in [0.1, 0.15) is 13.3 Å². The maximum absolute atomic E-state index is 11.1. The average Bonchev–Trinajstić information content (AvgIpc) is 2.17. The first-order valence-electron chi connectivity index (χ1n) is 3.78. The lowest BCUT2D eigenvalue weighted by Crippen LogP contribution is -2.31. The van der Waals surface area contributed by atoms with Gasteiger partial charge in [-0.2, -0.15) is 0 Å². The van der Waals surface area contributed by atoms with Crippen LogP contribution in [0.2, 0.25) is 0 Å². The molecule has 0 aliphatic carbocycles. The number of ether oxygens (including phenoxy) is 2. The lowest BCUT2D eigenvalue weighted by molar-refractivity contribution is -0.160. The Morgan fingerprint density at radius 2 is 1.69 bits per heavy atom. The van der Waals surface area contributed by atoms with Crippen LogP contribution in [0.3, 0.4) is 0 Å². The smallest absolute Gasteiger partial charge is 0.375 e. The summed E-state index contributed by atoms with van der Waals surface area (Å²) in [6, 6.07) is 0.